The Hall–Kier alpha value is -1.71. The number of carbonyl (C=O) groups is 2. The van der Waals surface area contributed by atoms with E-state index in [9.17, 15) is 18.0 Å². The van der Waals surface area contributed by atoms with Gasteiger partial charge in [0.05, 0.1) is 22.0 Å². The fourth-order valence-corrected chi connectivity index (χ4v) is 6.05. The molecule has 37 heavy (non-hydrogen) atoms. The van der Waals surface area contributed by atoms with Gasteiger partial charge < -0.3 is 10.2 Å². The van der Waals surface area contributed by atoms with Crippen molar-refractivity contribution in [2.75, 3.05) is 17.1 Å². The molecule has 1 atom stereocenters. The topological polar surface area (TPSA) is 86.8 Å². The maximum Gasteiger partial charge on any atom is 0.244 e. The Labute approximate surface area is 238 Å². The highest BCUT2D eigenvalue weighted by molar-refractivity contribution is 7.92. The van der Waals surface area contributed by atoms with Gasteiger partial charge >= 0.3 is 0 Å². The summed E-state index contributed by atoms with van der Waals surface area (Å²) >= 11 is 24.9. The van der Waals surface area contributed by atoms with Crippen LogP contribution in [0.15, 0.2) is 36.4 Å². The zero-order valence-corrected chi connectivity index (χ0v) is 24.4. The van der Waals surface area contributed by atoms with Crippen molar-refractivity contribution in [3.05, 3.63) is 62.1 Å². The third-order valence-corrected chi connectivity index (χ3v) is 8.94. The maximum atomic E-state index is 13.8. The average molecular weight is 609 g/mol. The van der Waals surface area contributed by atoms with Crippen LogP contribution in [-0.4, -0.2) is 50.0 Å². The van der Waals surface area contributed by atoms with Crippen LogP contribution in [0.4, 0.5) is 5.69 Å². The van der Waals surface area contributed by atoms with Crippen LogP contribution in [0.2, 0.25) is 20.1 Å². The lowest BCUT2D eigenvalue weighted by Crippen LogP contribution is -2.53. The zero-order valence-electron chi connectivity index (χ0n) is 20.5. The van der Waals surface area contributed by atoms with Gasteiger partial charge in [0, 0.05) is 28.2 Å². The first-order chi connectivity index (χ1) is 17.4. The molecule has 12 heteroatoms. The van der Waals surface area contributed by atoms with Crippen molar-refractivity contribution in [1.29, 1.82) is 0 Å². The second-order valence-corrected chi connectivity index (χ2v) is 12.5. The number of amides is 2. The number of hydrogen-bond donors (Lipinski definition) is 1. The molecule has 0 aliphatic heterocycles. The van der Waals surface area contributed by atoms with Crippen LogP contribution in [-0.2, 0) is 26.2 Å². The summed E-state index contributed by atoms with van der Waals surface area (Å²) in [5, 5.41) is 4.10. The number of benzene rings is 2. The molecule has 0 aromatic heterocycles. The van der Waals surface area contributed by atoms with E-state index < -0.39 is 28.5 Å². The monoisotopic (exact) mass is 607 g/mol. The van der Waals surface area contributed by atoms with Crippen molar-refractivity contribution in [2.45, 2.75) is 57.7 Å². The van der Waals surface area contributed by atoms with Gasteiger partial charge in [0.1, 0.15) is 12.6 Å². The number of hydrogen-bond acceptors (Lipinski definition) is 4. The molecule has 0 heterocycles. The third kappa shape index (κ3) is 7.67. The zero-order chi connectivity index (χ0) is 27.3. The highest BCUT2D eigenvalue weighted by Gasteiger charge is 2.33. The summed E-state index contributed by atoms with van der Waals surface area (Å²) in [6, 6.07) is 8.43. The predicted molar refractivity (Wildman–Crippen MR) is 150 cm³/mol. The lowest BCUT2D eigenvalue weighted by atomic mass is 10.1. The van der Waals surface area contributed by atoms with Crippen LogP contribution in [0, 0.1) is 0 Å². The van der Waals surface area contributed by atoms with E-state index in [1.807, 2.05) is 0 Å². The van der Waals surface area contributed by atoms with Crippen LogP contribution >= 0.6 is 46.4 Å². The number of rotatable bonds is 10. The predicted octanol–water partition coefficient (Wildman–Crippen LogP) is 5.93. The van der Waals surface area contributed by atoms with Gasteiger partial charge in [-0.2, -0.15) is 0 Å². The van der Waals surface area contributed by atoms with Gasteiger partial charge in [0.25, 0.3) is 0 Å². The summed E-state index contributed by atoms with van der Waals surface area (Å²) in [6.07, 6.45) is 5.12. The van der Waals surface area contributed by atoms with Crippen molar-refractivity contribution in [3.8, 4) is 0 Å². The standard InChI is InChI=1S/C25H29Cl4N3O4S/c1-3-23(25(34)30-16-7-4-5-8-16)31(14-18-19(26)9-6-10-20(18)27)24(33)15-32(37(2,35)36)17-11-12-21(28)22(29)13-17/h6,9-13,16,23H,3-5,7-8,14-15H2,1-2H3,(H,30,34). The molecule has 1 aliphatic rings. The Balaban J connectivity index is 1.98. The van der Waals surface area contributed by atoms with Gasteiger partial charge in [0.2, 0.25) is 21.8 Å². The van der Waals surface area contributed by atoms with Crippen molar-refractivity contribution < 1.29 is 18.0 Å². The molecular formula is C25H29Cl4N3O4S. The largest absolute Gasteiger partial charge is 0.352 e. The average Bonchev–Trinajstić information content (AvgIpc) is 3.33. The van der Waals surface area contributed by atoms with Gasteiger partial charge in [-0.3, -0.25) is 13.9 Å². The van der Waals surface area contributed by atoms with Gasteiger partial charge in [-0.15, -0.1) is 0 Å². The summed E-state index contributed by atoms with van der Waals surface area (Å²) < 4.78 is 26.4. The first kappa shape index (κ1) is 29.8. The second kappa shape index (κ2) is 12.9. The molecule has 3 rings (SSSR count). The first-order valence-corrected chi connectivity index (χ1v) is 15.2. The quantitative estimate of drug-likeness (QED) is 0.362. The number of sulfonamides is 1. The fraction of sp³-hybridized carbons (Fsp3) is 0.440. The lowest BCUT2D eigenvalue weighted by molar-refractivity contribution is -0.140. The SMILES string of the molecule is CCC(C(=O)NC1CCCC1)N(Cc1c(Cl)cccc1Cl)C(=O)CN(c1ccc(Cl)c(Cl)c1)S(C)(=O)=O. The fourth-order valence-electron chi connectivity index (χ4n) is 4.39. The highest BCUT2D eigenvalue weighted by atomic mass is 35.5. The summed E-state index contributed by atoms with van der Waals surface area (Å²) in [5.41, 5.74) is 0.635. The number of nitrogens with zero attached hydrogens (tertiary/aromatic N) is 2. The molecule has 0 bridgehead atoms. The lowest BCUT2D eigenvalue weighted by Gasteiger charge is -2.33. The number of nitrogens with one attached hydrogen (secondary N) is 1. The molecule has 7 nitrogen and oxygen atoms in total. The Morgan fingerprint density at radius 3 is 2.16 bits per heavy atom. The van der Waals surface area contributed by atoms with Crippen LogP contribution in [0.5, 0.6) is 0 Å². The summed E-state index contributed by atoms with van der Waals surface area (Å²) in [6.45, 7) is 1.15. The molecule has 0 saturated heterocycles. The maximum absolute atomic E-state index is 13.8. The molecular weight excluding hydrogens is 580 g/mol. The molecule has 1 fully saturated rings. The van der Waals surface area contributed by atoms with Gasteiger partial charge in [-0.1, -0.05) is 72.2 Å². The molecule has 1 saturated carbocycles. The molecule has 2 amide bonds. The molecule has 2 aromatic rings. The number of halogens is 4. The minimum absolute atomic E-state index is 0.0473. The molecule has 1 aliphatic carbocycles. The van der Waals surface area contributed by atoms with Crippen LogP contribution in [0.3, 0.4) is 0 Å². The molecule has 1 unspecified atom stereocenters. The number of anilines is 1. The van der Waals surface area contributed by atoms with E-state index in [1.54, 1.807) is 25.1 Å². The van der Waals surface area contributed by atoms with Gasteiger partial charge in [-0.25, -0.2) is 8.42 Å². The molecule has 0 spiro atoms. The molecule has 2 aromatic carbocycles. The third-order valence-electron chi connectivity index (χ3n) is 6.35. The van der Waals surface area contributed by atoms with E-state index in [-0.39, 0.29) is 34.2 Å². The molecule has 202 valence electrons. The van der Waals surface area contributed by atoms with E-state index in [0.29, 0.717) is 22.0 Å². The minimum atomic E-state index is -3.91. The Morgan fingerprint density at radius 2 is 1.62 bits per heavy atom. The molecule has 1 N–H and O–H groups in total. The van der Waals surface area contributed by atoms with Crippen LogP contribution in [0.1, 0.15) is 44.6 Å². The van der Waals surface area contributed by atoms with Crippen molar-refractivity contribution >= 4 is 73.9 Å². The number of carbonyl (C=O) groups excluding carboxylic acids is 2. The van der Waals surface area contributed by atoms with Crippen molar-refractivity contribution in [2.24, 2.45) is 0 Å². The van der Waals surface area contributed by atoms with Crippen LogP contribution < -0.4 is 9.62 Å². The summed E-state index contributed by atoms with van der Waals surface area (Å²) in [7, 11) is -3.91. The second-order valence-electron chi connectivity index (χ2n) is 9.00. The van der Waals surface area contributed by atoms with E-state index in [1.165, 1.54) is 23.1 Å². The van der Waals surface area contributed by atoms with E-state index >= 15 is 0 Å². The van der Waals surface area contributed by atoms with Crippen LogP contribution in [0.25, 0.3) is 0 Å². The Morgan fingerprint density at radius 1 is 1.00 bits per heavy atom. The molecule has 0 radical (unpaired) electrons. The smallest absolute Gasteiger partial charge is 0.244 e. The van der Waals surface area contributed by atoms with Gasteiger partial charge in [0.15, 0.2) is 0 Å². The minimum Gasteiger partial charge on any atom is -0.352 e. The van der Waals surface area contributed by atoms with E-state index in [4.69, 9.17) is 46.4 Å². The highest BCUT2D eigenvalue weighted by Crippen LogP contribution is 2.30. The first-order valence-electron chi connectivity index (χ1n) is 11.9. The normalized spacial score (nSPS) is 14.9. The van der Waals surface area contributed by atoms with Gasteiger partial charge in [-0.05, 0) is 49.6 Å². The van der Waals surface area contributed by atoms with E-state index in [2.05, 4.69) is 5.32 Å². The van der Waals surface area contributed by atoms with E-state index in [0.717, 1.165) is 36.2 Å². The van der Waals surface area contributed by atoms with Crippen molar-refractivity contribution in [1.82, 2.24) is 10.2 Å². The summed E-state index contributed by atoms with van der Waals surface area (Å²) in [4.78, 5) is 28.5. The van der Waals surface area contributed by atoms with Crippen molar-refractivity contribution in [3.63, 3.8) is 0 Å². The Bertz CT molecular complexity index is 1230. The summed E-state index contributed by atoms with van der Waals surface area (Å²) in [5.74, 6) is -0.896. The Kier molecular flexibility index (Phi) is 10.4.